The number of unbranched alkanes of at least 4 members (excludes halogenated alkanes) is 13. The van der Waals surface area contributed by atoms with Crippen LogP contribution in [0, 0.1) is 5.92 Å². The number of carbonyl (C=O) groups excluding carboxylic acids is 1. The first-order valence-electron chi connectivity index (χ1n) is 10.3. The molecule has 0 heterocycles. The average Bonchev–Trinajstić information content (AvgIpc) is 2.53. The molecule has 0 aromatic heterocycles. The molecule has 142 valence electrons. The highest BCUT2D eigenvalue weighted by molar-refractivity contribution is 5.75. The maximum atomic E-state index is 10.8. The summed E-state index contributed by atoms with van der Waals surface area (Å²) in [6.07, 6.45) is 19.4. The molecule has 0 aromatic rings. The summed E-state index contributed by atoms with van der Waals surface area (Å²) in [4.78, 5) is 21.5. The SMILES string of the molecule is CC(=O)CCCCCCCCCCCCCCCC[C@H](C)C(=O)O. The molecule has 0 rings (SSSR count). The molecule has 0 spiro atoms. The van der Waals surface area contributed by atoms with Crippen molar-refractivity contribution in [1.29, 1.82) is 0 Å². The number of carbonyl (C=O) groups is 2. The Hall–Kier alpha value is -0.860. The van der Waals surface area contributed by atoms with Crippen LogP contribution in [0.4, 0.5) is 0 Å². The third kappa shape index (κ3) is 17.5. The number of hydrogen-bond donors (Lipinski definition) is 1. The average molecular weight is 341 g/mol. The van der Waals surface area contributed by atoms with E-state index in [2.05, 4.69) is 0 Å². The third-order valence-corrected chi connectivity index (χ3v) is 4.84. The van der Waals surface area contributed by atoms with Gasteiger partial charge in [0.1, 0.15) is 5.78 Å². The van der Waals surface area contributed by atoms with E-state index in [4.69, 9.17) is 5.11 Å². The van der Waals surface area contributed by atoms with Gasteiger partial charge in [0.25, 0.3) is 0 Å². The Morgan fingerprint density at radius 2 is 1.00 bits per heavy atom. The fourth-order valence-corrected chi connectivity index (χ4v) is 3.07. The van der Waals surface area contributed by atoms with Crippen molar-refractivity contribution in [3.63, 3.8) is 0 Å². The highest BCUT2D eigenvalue weighted by atomic mass is 16.4. The molecular weight excluding hydrogens is 300 g/mol. The molecule has 3 heteroatoms. The molecule has 24 heavy (non-hydrogen) atoms. The van der Waals surface area contributed by atoms with E-state index in [0.29, 0.717) is 5.78 Å². The van der Waals surface area contributed by atoms with E-state index in [-0.39, 0.29) is 5.92 Å². The van der Waals surface area contributed by atoms with E-state index in [0.717, 1.165) is 25.7 Å². The van der Waals surface area contributed by atoms with Crippen molar-refractivity contribution in [2.45, 2.75) is 117 Å². The Morgan fingerprint density at radius 1 is 0.667 bits per heavy atom. The van der Waals surface area contributed by atoms with Gasteiger partial charge in [0.05, 0.1) is 5.92 Å². The van der Waals surface area contributed by atoms with Gasteiger partial charge in [-0.25, -0.2) is 0 Å². The zero-order chi connectivity index (χ0) is 18.0. The minimum absolute atomic E-state index is 0.181. The first-order chi connectivity index (χ1) is 11.5. The van der Waals surface area contributed by atoms with Gasteiger partial charge >= 0.3 is 5.97 Å². The molecule has 0 aliphatic heterocycles. The highest BCUT2D eigenvalue weighted by Crippen LogP contribution is 2.15. The normalized spacial score (nSPS) is 12.2. The Labute approximate surface area is 149 Å². The standard InChI is InChI=1S/C21H40O3/c1-19(21(23)24)17-15-13-11-9-7-5-3-4-6-8-10-12-14-16-18-20(2)22/h19H,3-18H2,1-2H3,(H,23,24)/t19-/m0/s1. The molecule has 0 aromatic carbocycles. The Kier molecular flexibility index (Phi) is 16.4. The first-order valence-corrected chi connectivity index (χ1v) is 10.3. The third-order valence-electron chi connectivity index (χ3n) is 4.84. The van der Waals surface area contributed by atoms with Crippen LogP contribution in [0.2, 0.25) is 0 Å². The van der Waals surface area contributed by atoms with Crippen LogP contribution in [0.15, 0.2) is 0 Å². The molecular formula is C21H40O3. The van der Waals surface area contributed by atoms with Gasteiger partial charge in [-0.2, -0.15) is 0 Å². The Morgan fingerprint density at radius 3 is 1.33 bits per heavy atom. The molecule has 0 amide bonds. The molecule has 0 saturated heterocycles. The Balaban J connectivity index is 3.08. The van der Waals surface area contributed by atoms with Gasteiger partial charge in [-0.05, 0) is 19.8 Å². The van der Waals surface area contributed by atoms with E-state index >= 15 is 0 Å². The highest BCUT2D eigenvalue weighted by Gasteiger charge is 2.09. The van der Waals surface area contributed by atoms with Crippen molar-refractivity contribution in [3.8, 4) is 0 Å². The van der Waals surface area contributed by atoms with Crippen LogP contribution in [0.5, 0.6) is 0 Å². The van der Waals surface area contributed by atoms with Gasteiger partial charge in [0.15, 0.2) is 0 Å². The van der Waals surface area contributed by atoms with Gasteiger partial charge < -0.3 is 9.90 Å². The lowest BCUT2D eigenvalue weighted by atomic mass is 10.0. The Bertz CT molecular complexity index is 312. The number of hydrogen-bond acceptors (Lipinski definition) is 2. The van der Waals surface area contributed by atoms with E-state index < -0.39 is 5.97 Å². The maximum absolute atomic E-state index is 10.8. The van der Waals surface area contributed by atoms with Crippen LogP contribution in [0.25, 0.3) is 0 Å². The molecule has 0 saturated carbocycles. The second kappa shape index (κ2) is 17.0. The smallest absolute Gasteiger partial charge is 0.306 e. The van der Waals surface area contributed by atoms with Gasteiger partial charge in [0.2, 0.25) is 0 Å². The number of carboxylic acid groups (broad SMARTS) is 1. The summed E-state index contributed by atoms with van der Waals surface area (Å²) in [7, 11) is 0. The summed E-state index contributed by atoms with van der Waals surface area (Å²) < 4.78 is 0. The minimum atomic E-state index is -0.661. The minimum Gasteiger partial charge on any atom is -0.481 e. The summed E-state index contributed by atoms with van der Waals surface area (Å²) >= 11 is 0. The largest absolute Gasteiger partial charge is 0.481 e. The predicted octanol–water partition coefficient (Wildman–Crippen LogP) is 6.54. The van der Waals surface area contributed by atoms with Gasteiger partial charge in [-0.3, -0.25) is 4.79 Å². The van der Waals surface area contributed by atoms with E-state index in [9.17, 15) is 9.59 Å². The summed E-state index contributed by atoms with van der Waals surface area (Å²) in [6, 6.07) is 0. The molecule has 0 aliphatic carbocycles. The monoisotopic (exact) mass is 340 g/mol. The zero-order valence-corrected chi connectivity index (χ0v) is 16.2. The fourth-order valence-electron chi connectivity index (χ4n) is 3.07. The van der Waals surface area contributed by atoms with Crippen LogP contribution in [0.1, 0.15) is 117 Å². The van der Waals surface area contributed by atoms with Crippen molar-refractivity contribution in [2.24, 2.45) is 5.92 Å². The zero-order valence-electron chi connectivity index (χ0n) is 16.2. The van der Waals surface area contributed by atoms with Crippen molar-refractivity contribution in [1.82, 2.24) is 0 Å². The van der Waals surface area contributed by atoms with Crippen molar-refractivity contribution in [3.05, 3.63) is 0 Å². The molecule has 0 bridgehead atoms. The number of ketones is 1. The second-order valence-electron chi connectivity index (χ2n) is 7.43. The number of aliphatic carboxylic acids is 1. The fraction of sp³-hybridized carbons (Fsp3) is 0.905. The lowest BCUT2D eigenvalue weighted by molar-refractivity contribution is -0.141. The van der Waals surface area contributed by atoms with E-state index in [1.165, 1.54) is 77.0 Å². The molecule has 0 radical (unpaired) electrons. The van der Waals surface area contributed by atoms with E-state index in [1.54, 1.807) is 13.8 Å². The topological polar surface area (TPSA) is 54.4 Å². The lowest BCUT2D eigenvalue weighted by Crippen LogP contribution is -2.08. The number of Topliss-reactive ketones (excluding diaryl/α,β-unsaturated/α-hetero) is 1. The molecule has 0 unspecified atom stereocenters. The van der Waals surface area contributed by atoms with Crippen LogP contribution >= 0.6 is 0 Å². The number of carboxylic acids is 1. The van der Waals surface area contributed by atoms with Crippen LogP contribution in [-0.2, 0) is 9.59 Å². The molecule has 1 atom stereocenters. The maximum Gasteiger partial charge on any atom is 0.306 e. The van der Waals surface area contributed by atoms with Gasteiger partial charge in [-0.1, -0.05) is 90.4 Å². The lowest BCUT2D eigenvalue weighted by Gasteiger charge is -2.05. The number of rotatable bonds is 18. The van der Waals surface area contributed by atoms with Gasteiger partial charge in [-0.15, -0.1) is 0 Å². The van der Waals surface area contributed by atoms with Crippen molar-refractivity contribution < 1.29 is 14.7 Å². The first kappa shape index (κ1) is 23.1. The molecule has 1 N–H and O–H groups in total. The summed E-state index contributed by atoms with van der Waals surface area (Å²) in [5.41, 5.74) is 0. The summed E-state index contributed by atoms with van der Waals surface area (Å²) in [5, 5.41) is 8.80. The van der Waals surface area contributed by atoms with Crippen molar-refractivity contribution in [2.75, 3.05) is 0 Å². The summed E-state index contributed by atoms with van der Waals surface area (Å²) in [5.74, 6) is -0.519. The predicted molar refractivity (Wildman–Crippen MR) is 101 cm³/mol. The van der Waals surface area contributed by atoms with Crippen LogP contribution in [0.3, 0.4) is 0 Å². The summed E-state index contributed by atoms with van der Waals surface area (Å²) in [6.45, 7) is 3.48. The quantitative estimate of drug-likeness (QED) is 0.288. The van der Waals surface area contributed by atoms with Crippen LogP contribution in [-0.4, -0.2) is 16.9 Å². The molecule has 3 nitrogen and oxygen atoms in total. The van der Waals surface area contributed by atoms with E-state index in [1.807, 2.05) is 0 Å². The van der Waals surface area contributed by atoms with Crippen molar-refractivity contribution >= 4 is 11.8 Å². The second-order valence-corrected chi connectivity index (χ2v) is 7.43. The molecule has 0 aliphatic rings. The molecule has 0 fully saturated rings. The van der Waals surface area contributed by atoms with Crippen LogP contribution < -0.4 is 0 Å². The van der Waals surface area contributed by atoms with Gasteiger partial charge in [0, 0.05) is 6.42 Å².